The molecule has 1 aliphatic rings. The van der Waals surface area contributed by atoms with Gasteiger partial charge >= 0.3 is 6.03 Å². The zero-order valence-electron chi connectivity index (χ0n) is 17.4. The van der Waals surface area contributed by atoms with E-state index in [2.05, 4.69) is 27.4 Å². The Bertz CT molecular complexity index is 873. The van der Waals surface area contributed by atoms with Crippen LogP contribution in [0.3, 0.4) is 0 Å². The topological polar surface area (TPSA) is 88.5 Å². The monoisotopic (exact) mass is 407 g/mol. The zero-order valence-corrected chi connectivity index (χ0v) is 17.4. The molecule has 2 aromatic rings. The van der Waals surface area contributed by atoms with Crippen LogP contribution in [0.5, 0.6) is 0 Å². The summed E-state index contributed by atoms with van der Waals surface area (Å²) in [5, 5.41) is 14.1. The highest BCUT2D eigenvalue weighted by Gasteiger charge is 2.19. The van der Waals surface area contributed by atoms with Gasteiger partial charge in [0.1, 0.15) is 12.1 Å². The number of piperazine rings is 1. The standard InChI is InChI=1S/C23H29N5O2/c1-2-3-11-27-12-14-28(15-13-27)22(24)19-5-4-6-21(16-19)26-23(30)25-20-9-7-18(17-29)8-10-20/h4-10,16-17,24H,2-3,11-15H2,1H3,(H2,25,26,30). The van der Waals surface area contributed by atoms with Gasteiger partial charge < -0.3 is 15.5 Å². The molecule has 158 valence electrons. The Kier molecular flexibility index (Phi) is 7.57. The number of hydrogen-bond donors (Lipinski definition) is 3. The van der Waals surface area contributed by atoms with E-state index in [0.717, 1.165) is 44.6 Å². The molecule has 0 aliphatic carbocycles. The maximum Gasteiger partial charge on any atom is 0.323 e. The van der Waals surface area contributed by atoms with Crippen molar-refractivity contribution in [3.8, 4) is 0 Å². The van der Waals surface area contributed by atoms with Gasteiger partial charge in [0.25, 0.3) is 0 Å². The minimum absolute atomic E-state index is 0.373. The number of anilines is 2. The van der Waals surface area contributed by atoms with Crippen LogP contribution < -0.4 is 10.6 Å². The van der Waals surface area contributed by atoms with Gasteiger partial charge in [-0.1, -0.05) is 25.5 Å². The number of aldehydes is 1. The van der Waals surface area contributed by atoms with Crippen LogP contribution in [0.1, 0.15) is 35.7 Å². The molecule has 1 aliphatic heterocycles. The third-order valence-corrected chi connectivity index (χ3v) is 5.21. The highest BCUT2D eigenvalue weighted by Crippen LogP contribution is 2.15. The Hall–Kier alpha value is -3.19. The van der Waals surface area contributed by atoms with E-state index in [4.69, 9.17) is 5.41 Å². The van der Waals surface area contributed by atoms with Crippen molar-refractivity contribution in [2.75, 3.05) is 43.4 Å². The van der Waals surface area contributed by atoms with E-state index in [1.165, 1.54) is 12.8 Å². The lowest BCUT2D eigenvalue weighted by Gasteiger charge is -2.36. The molecular weight excluding hydrogens is 378 g/mol. The van der Waals surface area contributed by atoms with Crippen LogP contribution in [0.25, 0.3) is 0 Å². The van der Waals surface area contributed by atoms with Crippen molar-refractivity contribution in [3.63, 3.8) is 0 Å². The highest BCUT2D eigenvalue weighted by molar-refractivity contribution is 6.02. The lowest BCUT2D eigenvalue weighted by atomic mass is 10.1. The summed E-state index contributed by atoms with van der Waals surface area (Å²) in [6.45, 7) is 6.98. The van der Waals surface area contributed by atoms with Gasteiger partial charge in [-0.15, -0.1) is 0 Å². The van der Waals surface area contributed by atoms with Crippen LogP contribution in [0.2, 0.25) is 0 Å². The Morgan fingerprint density at radius 1 is 1.03 bits per heavy atom. The van der Waals surface area contributed by atoms with E-state index in [0.29, 0.717) is 22.8 Å². The van der Waals surface area contributed by atoms with Crippen LogP contribution in [-0.2, 0) is 0 Å². The van der Waals surface area contributed by atoms with Crippen LogP contribution >= 0.6 is 0 Å². The fraction of sp³-hybridized carbons (Fsp3) is 0.348. The predicted octanol–water partition coefficient (Wildman–Crippen LogP) is 3.89. The summed E-state index contributed by atoms with van der Waals surface area (Å²) >= 11 is 0. The summed E-state index contributed by atoms with van der Waals surface area (Å²) in [7, 11) is 0. The zero-order chi connectivity index (χ0) is 21.3. The number of urea groups is 1. The second kappa shape index (κ2) is 10.5. The molecule has 0 unspecified atom stereocenters. The molecular formula is C23H29N5O2. The molecule has 0 radical (unpaired) electrons. The maximum absolute atomic E-state index is 12.3. The van der Waals surface area contributed by atoms with Gasteiger partial charge in [0, 0.05) is 48.7 Å². The van der Waals surface area contributed by atoms with Crippen molar-refractivity contribution in [2.24, 2.45) is 0 Å². The molecule has 0 saturated carbocycles. The number of nitrogens with zero attached hydrogens (tertiary/aromatic N) is 2. The van der Waals surface area contributed by atoms with Crippen molar-refractivity contribution in [1.29, 1.82) is 5.41 Å². The maximum atomic E-state index is 12.3. The molecule has 1 saturated heterocycles. The largest absolute Gasteiger partial charge is 0.354 e. The number of amidine groups is 1. The molecule has 0 bridgehead atoms. The number of carbonyl (C=O) groups excluding carboxylic acids is 2. The Balaban J connectivity index is 1.55. The summed E-state index contributed by atoms with van der Waals surface area (Å²) in [5.74, 6) is 0.485. The minimum Gasteiger partial charge on any atom is -0.354 e. The average molecular weight is 408 g/mol. The van der Waals surface area contributed by atoms with Gasteiger partial charge in [-0.2, -0.15) is 0 Å². The van der Waals surface area contributed by atoms with Crippen molar-refractivity contribution in [3.05, 3.63) is 59.7 Å². The first-order chi connectivity index (χ1) is 14.6. The lowest BCUT2D eigenvalue weighted by Crippen LogP contribution is -2.48. The number of rotatable bonds is 7. The number of hydrogen-bond acceptors (Lipinski definition) is 4. The molecule has 30 heavy (non-hydrogen) atoms. The van der Waals surface area contributed by atoms with Crippen molar-refractivity contribution in [2.45, 2.75) is 19.8 Å². The van der Waals surface area contributed by atoms with E-state index >= 15 is 0 Å². The molecule has 1 fully saturated rings. The van der Waals surface area contributed by atoms with Crippen molar-refractivity contribution in [1.82, 2.24) is 9.80 Å². The Morgan fingerprint density at radius 2 is 1.73 bits per heavy atom. The molecule has 2 aromatic carbocycles. The third-order valence-electron chi connectivity index (χ3n) is 5.21. The molecule has 0 spiro atoms. The minimum atomic E-state index is -0.373. The second-order valence-corrected chi connectivity index (χ2v) is 7.43. The summed E-state index contributed by atoms with van der Waals surface area (Å²) in [4.78, 5) is 27.5. The smallest absolute Gasteiger partial charge is 0.323 e. The first-order valence-electron chi connectivity index (χ1n) is 10.4. The van der Waals surface area contributed by atoms with Gasteiger partial charge in [0.05, 0.1) is 0 Å². The molecule has 2 amide bonds. The quantitative estimate of drug-likeness (QED) is 0.369. The molecule has 1 heterocycles. The van der Waals surface area contributed by atoms with Crippen LogP contribution in [0, 0.1) is 5.41 Å². The van der Waals surface area contributed by atoms with Crippen molar-refractivity contribution >= 4 is 29.5 Å². The normalized spacial score (nSPS) is 14.2. The average Bonchev–Trinajstić information content (AvgIpc) is 2.78. The molecule has 7 heteroatoms. The number of amides is 2. The van der Waals surface area contributed by atoms with Gasteiger partial charge in [-0.25, -0.2) is 4.79 Å². The SMILES string of the molecule is CCCCN1CCN(C(=N)c2cccc(NC(=O)Nc3ccc(C=O)cc3)c2)CC1. The summed E-state index contributed by atoms with van der Waals surface area (Å²) in [5.41, 5.74) is 2.56. The highest BCUT2D eigenvalue weighted by atomic mass is 16.2. The van der Waals surface area contributed by atoms with Crippen LogP contribution in [0.4, 0.5) is 16.2 Å². The predicted molar refractivity (Wildman–Crippen MR) is 121 cm³/mol. The number of unbranched alkanes of at least 4 members (excludes halogenated alkanes) is 1. The first kappa shape index (κ1) is 21.5. The van der Waals surface area contributed by atoms with E-state index in [1.54, 1.807) is 30.3 Å². The van der Waals surface area contributed by atoms with E-state index in [-0.39, 0.29) is 6.03 Å². The number of benzene rings is 2. The fourth-order valence-corrected chi connectivity index (χ4v) is 3.44. The molecule has 0 aromatic heterocycles. The fourth-order valence-electron chi connectivity index (χ4n) is 3.44. The van der Waals surface area contributed by atoms with Gasteiger partial charge in [0.15, 0.2) is 0 Å². The molecule has 7 nitrogen and oxygen atoms in total. The second-order valence-electron chi connectivity index (χ2n) is 7.43. The molecule has 3 N–H and O–H groups in total. The Labute approximate surface area is 177 Å². The van der Waals surface area contributed by atoms with E-state index in [9.17, 15) is 9.59 Å². The van der Waals surface area contributed by atoms with Crippen LogP contribution in [-0.4, -0.2) is 60.7 Å². The summed E-state index contributed by atoms with van der Waals surface area (Å²) in [6.07, 6.45) is 3.18. The van der Waals surface area contributed by atoms with E-state index < -0.39 is 0 Å². The summed E-state index contributed by atoms with van der Waals surface area (Å²) in [6, 6.07) is 13.6. The van der Waals surface area contributed by atoms with E-state index in [1.807, 2.05) is 18.2 Å². The number of nitrogens with one attached hydrogen (secondary N) is 3. The van der Waals surface area contributed by atoms with Crippen LogP contribution in [0.15, 0.2) is 48.5 Å². The lowest BCUT2D eigenvalue weighted by molar-refractivity contribution is 0.112. The Morgan fingerprint density at radius 3 is 2.40 bits per heavy atom. The van der Waals surface area contributed by atoms with Gasteiger partial charge in [-0.05, 0) is 49.4 Å². The van der Waals surface area contributed by atoms with Gasteiger partial charge in [0.2, 0.25) is 0 Å². The van der Waals surface area contributed by atoms with Crippen molar-refractivity contribution < 1.29 is 9.59 Å². The first-order valence-corrected chi connectivity index (χ1v) is 10.4. The molecule has 0 atom stereocenters. The third kappa shape index (κ3) is 5.90. The molecule has 3 rings (SSSR count). The van der Waals surface area contributed by atoms with Gasteiger partial charge in [-0.3, -0.25) is 15.1 Å². The summed E-state index contributed by atoms with van der Waals surface area (Å²) < 4.78 is 0. The number of carbonyl (C=O) groups is 2.